The smallest absolute Gasteiger partial charge is 0.306 e. The van der Waals surface area contributed by atoms with Crippen molar-refractivity contribution in [1.82, 2.24) is 5.32 Å². The fraction of sp³-hybridized carbons (Fsp3) is 0.782. The maximum absolute atomic E-state index is 13.2. The lowest BCUT2D eigenvalue weighted by Gasteiger charge is -2.23. The average molecular weight is 854 g/mol. The molecule has 1 amide bonds. The van der Waals surface area contributed by atoms with Gasteiger partial charge >= 0.3 is 5.97 Å². The molecule has 0 aromatic carbocycles. The number of aliphatic hydroxyl groups excluding tert-OH is 2. The predicted octanol–water partition coefficient (Wildman–Crippen LogP) is 15.6. The molecule has 3 unspecified atom stereocenters. The molecule has 0 bridgehead atoms. The summed E-state index contributed by atoms with van der Waals surface area (Å²) in [5, 5.41) is 23.7. The minimum absolute atomic E-state index is 0.0386. The first kappa shape index (κ1) is 58.6. The number of carbonyl (C=O) groups excluding carboxylic acids is 2. The summed E-state index contributed by atoms with van der Waals surface area (Å²) in [7, 11) is 0. The van der Waals surface area contributed by atoms with Gasteiger partial charge in [-0.2, -0.15) is 0 Å². The number of ether oxygens (including phenoxy) is 1. The van der Waals surface area contributed by atoms with Crippen LogP contribution in [0.25, 0.3) is 0 Å². The Kier molecular flexibility index (Phi) is 46.6. The molecular weight excluding hydrogens is 755 g/mol. The van der Waals surface area contributed by atoms with Crippen LogP contribution in [0.2, 0.25) is 0 Å². The summed E-state index contributed by atoms with van der Waals surface area (Å²) < 4.78 is 5.82. The number of carbonyl (C=O) groups is 2. The van der Waals surface area contributed by atoms with E-state index in [-0.39, 0.29) is 24.9 Å². The molecule has 0 aliphatic rings. The number of aliphatic hydroxyl groups is 2. The van der Waals surface area contributed by atoms with Crippen molar-refractivity contribution in [1.29, 1.82) is 0 Å². The highest BCUT2D eigenvalue weighted by Crippen LogP contribution is 2.16. The SMILES string of the molecule is CCCCC/C=C\C/C=C\C/C=C\CCCCCCC(=O)OC(/C=C/C/C=C\CCCCCCCC)CC(=O)NC(CO)C(O)CCCCCCCCCCCCCCCC. The van der Waals surface area contributed by atoms with E-state index in [1.807, 2.05) is 12.2 Å². The Balaban J connectivity index is 4.63. The summed E-state index contributed by atoms with van der Waals surface area (Å²) >= 11 is 0. The Labute approximate surface area is 378 Å². The largest absolute Gasteiger partial charge is 0.458 e. The van der Waals surface area contributed by atoms with Gasteiger partial charge in [-0.25, -0.2) is 0 Å². The van der Waals surface area contributed by atoms with Gasteiger partial charge in [-0.05, 0) is 76.7 Å². The van der Waals surface area contributed by atoms with E-state index < -0.39 is 18.2 Å². The van der Waals surface area contributed by atoms with Crippen molar-refractivity contribution in [3.05, 3.63) is 60.8 Å². The van der Waals surface area contributed by atoms with E-state index in [2.05, 4.69) is 74.7 Å². The fourth-order valence-corrected chi connectivity index (χ4v) is 7.58. The summed E-state index contributed by atoms with van der Waals surface area (Å²) in [6.07, 6.45) is 60.2. The second-order valence-electron chi connectivity index (χ2n) is 17.6. The molecule has 0 radical (unpaired) electrons. The van der Waals surface area contributed by atoms with Crippen molar-refractivity contribution in [3.8, 4) is 0 Å². The minimum Gasteiger partial charge on any atom is -0.458 e. The van der Waals surface area contributed by atoms with Gasteiger partial charge in [-0.3, -0.25) is 9.59 Å². The molecule has 6 heteroatoms. The number of nitrogens with one attached hydrogen (secondary N) is 1. The van der Waals surface area contributed by atoms with Crippen LogP contribution in [0.3, 0.4) is 0 Å². The number of hydrogen-bond donors (Lipinski definition) is 3. The van der Waals surface area contributed by atoms with Crippen LogP contribution >= 0.6 is 0 Å². The molecule has 0 saturated heterocycles. The van der Waals surface area contributed by atoms with Crippen LogP contribution < -0.4 is 5.32 Å². The summed E-state index contributed by atoms with van der Waals surface area (Å²) in [6, 6.07) is -0.738. The first-order valence-corrected chi connectivity index (χ1v) is 26.0. The van der Waals surface area contributed by atoms with Crippen molar-refractivity contribution in [3.63, 3.8) is 0 Å². The van der Waals surface area contributed by atoms with Crippen molar-refractivity contribution >= 4 is 11.9 Å². The van der Waals surface area contributed by atoms with Crippen molar-refractivity contribution in [2.45, 2.75) is 270 Å². The van der Waals surface area contributed by atoms with Gasteiger partial charge in [0, 0.05) is 6.42 Å². The predicted molar refractivity (Wildman–Crippen MR) is 264 cm³/mol. The van der Waals surface area contributed by atoms with E-state index in [9.17, 15) is 19.8 Å². The molecule has 61 heavy (non-hydrogen) atoms. The van der Waals surface area contributed by atoms with E-state index in [0.29, 0.717) is 19.3 Å². The Bertz CT molecular complexity index is 1090. The number of amides is 1. The maximum Gasteiger partial charge on any atom is 0.306 e. The van der Waals surface area contributed by atoms with Gasteiger partial charge in [0.2, 0.25) is 5.91 Å². The van der Waals surface area contributed by atoms with Gasteiger partial charge in [-0.1, -0.05) is 223 Å². The lowest BCUT2D eigenvalue weighted by Crippen LogP contribution is -2.46. The molecule has 0 rings (SSSR count). The highest BCUT2D eigenvalue weighted by molar-refractivity contribution is 5.78. The number of unbranched alkanes of at least 4 members (excludes halogenated alkanes) is 26. The molecule has 6 nitrogen and oxygen atoms in total. The third kappa shape index (κ3) is 44.0. The number of esters is 1. The number of hydrogen-bond acceptors (Lipinski definition) is 5. The third-order valence-corrected chi connectivity index (χ3v) is 11.6. The fourth-order valence-electron chi connectivity index (χ4n) is 7.58. The number of rotatable bonds is 46. The Morgan fingerprint density at radius 1 is 0.492 bits per heavy atom. The van der Waals surface area contributed by atoms with Gasteiger partial charge in [0.1, 0.15) is 6.10 Å². The van der Waals surface area contributed by atoms with E-state index >= 15 is 0 Å². The third-order valence-electron chi connectivity index (χ3n) is 11.6. The molecular formula is C55H99NO5. The van der Waals surface area contributed by atoms with Gasteiger partial charge in [0.15, 0.2) is 0 Å². The van der Waals surface area contributed by atoms with Gasteiger partial charge in [0.05, 0.1) is 25.2 Å². The normalized spacial score (nSPS) is 13.7. The molecule has 0 spiro atoms. The van der Waals surface area contributed by atoms with Crippen LogP contribution in [-0.2, 0) is 14.3 Å². The molecule has 0 heterocycles. The standard InChI is InChI=1S/C55H99NO5/c1-4-7-10-13-16-19-22-24-26-27-28-30-33-36-39-42-45-48-55(60)61-51(46-43-40-37-34-31-21-18-15-12-9-6-3)49-54(59)56-52(50-57)53(58)47-44-41-38-35-32-29-25-23-20-17-14-11-8-5-2/h16,19,24,26,28,30,34,37,43,46,51-53,57-58H,4-15,17-18,20-23,25,27,29,31-33,35-36,38-42,44-45,47-50H2,1-3H3,(H,56,59)/b19-16-,26-24-,30-28-,37-34-,46-43+. The zero-order valence-corrected chi connectivity index (χ0v) is 40.3. The molecule has 0 fully saturated rings. The first-order chi connectivity index (χ1) is 30.0. The Morgan fingerprint density at radius 2 is 0.869 bits per heavy atom. The van der Waals surface area contributed by atoms with Crippen LogP contribution in [0.4, 0.5) is 0 Å². The van der Waals surface area contributed by atoms with E-state index in [4.69, 9.17) is 4.74 Å². The molecule has 3 atom stereocenters. The van der Waals surface area contributed by atoms with Crippen molar-refractivity contribution in [2.24, 2.45) is 0 Å². The van der Waals surface area contributed by atoms with E-state index in [1.165, 1.54) is 135 Å². The summed E-state index contributed by atoms with van der Waals surface area (Å²) in [6.45, 7) is 6.41. The van der Waals surface area contributed by atoms with Crippen molar-refractivity contribution < 1.29 is 24.5 Å². The zero-order valence-electron chi connectivity index (χ0n) is 40.3. The number of allylic oxidation sites excluding steroid dienone is 9. The Hall–Kier alpha value is -2.44. The second-order valence-corrected chi connectivity index (χ2v) is 17.6. The molecule has 0 aliphatic carbocycles. The molecule has 0 saturated carbocycles. The molecule has 0 aromatic rings. The van der Waals surface area contributed by atoms with Crippen LogP contribution in [0.1, 0.15) is 252 Å². The summed E-state index contributed by atoms with van der Waals surface area (Å²) in [4.78, 5) is 26.0. The zero-order chi connectivity index (χ0) is 44.5. The highest BCUT2D eigenvalue weighted by Gasteiger charge is 2.23. The highest BCUT2D eigenvalue weighted by atomic mass is 16.5. The minimum atomic E-state index is -0.815. The monoisotopic (exact) mass is 854 g/mol. The topological polar surface area (TPSA) is 95.9 Å². The Morgan fingerprint density at radius 3 is 1.34 bits per heavy atom. The summed E-state index contributed by atoms with van der Waals surface area (Å²) in [5.41, 5.74) is 0. The van der Waals surface area contributed by atoms with Gasteiger partial charge in [-0.15, -0.1) is 0 Å². The van der Waals surface area contributed by atoms with Crippen LogP contribution in [0.5, 0.6) is 0 Å². The quantitative estimate of drug-likeness (QED) is 0.0322. The van der Waals surface area contributed by atoms with Crippen molar-refractivity contribution in [2.75, 3.05) is 6.61 Å². The maximum atomic E-state index is 13.2. The summed E-state index contributed by atoms with van der Waals surface area (Å²) in [5.74, 6) is -0.626. The average Bonchev–Trinajstić information content (AvgIpc) is 3.25. The van der Waals surface area contributed by atoms with Crippen LogP contribution in [0, 0.1) is 0 Å². The van der Waals surface area contributed by atoms with E-state index in [0.717, 1.165) is 70.6 Å². The molecule has 3 N–H and O–H groups in total. The molecule has 0 aromatic heterocycles. The lowest BCUT2D eigenvalue weighted by atomic mass is 10.0. The lowest BCUT2D eigenvalue weighted by molar-refractivity contribution is -0.148. The molecule has 354 valence electrons. The van der Waals surface area contributed by atoms with Gasteiger partial charge < -0.3 is 20.3 Å². The van der Waals surface area contributed by atoms with Gasteiger partial charge in [0.25, 0.3) is 0 Å². The first-order valence-electron chi connectivity index (χ1n) is 26.0. The van der Waals surface area contributed by atoms with E-state index in [1.54, 1.807) is 0 Å². The molecule has 0 aliphatic heterocycles. The van der Waals surface area contributed by atoms with Crippen LogP contribution in [-0.4, -0.2) is 46.9 Å². The second kappa shape index (κ2) is 48.6. The van der Waals surface area contributed by atoms with Crippen LogP contribution in [0.15, 0.2) is 60.8 Å².